The third-order valence-corrected chi connectivity index (χ3v) is 14.6. The van der Waals surface area contributed by atoms with E-state index in [0.29, 0.717) is 10.8 Å². The van der Waals surface area contributed by atoms with E-state index in [2.05, 4.69) is 150 Å². The van der Waals surface area contributed by atoms with Crippen molar-refractivity contribution in [3.8, 4) is 0 Å². The molecule has 0 amide bonds. The summed E-state index contributed by atoms with van der Waals surface area (Å²) in [6, 6.07) is 7.88. The molecule has 0 saturated heterocycles. The summed E-state index contributed by atoms with van der Waals surface area (Å²) in [7, 11) is 0. The smallest absolute Gasteiger partial charge is 0.00470 e. The molecule has 0 aliphatic carbocycles. The average molecular weight is 625 g/mol. The molecule has 0 heteroatoms. The lowest BCUT2D eigenvalue weighted by molar-refractivity contribution is -0.0196. The van der Waals surface area contributed by atoms with Gasteiger partial charge in [0.25, 0.3) is 0 Å². The van der Waals surface area contributed by atoms with Gasteiger partial charge in [-0.2, -0.15) is 0 Å². The van der Waals surface area contributed by atoms with Crippen LogP contribution in [-0.2, 0) is 16.2 Å². The lowest BCUT2D eigenvalue weighted by atomic mass is 9.49. The highest BCUT2D eigenvalue weighted by Crippen LogP contribution is 2.59. The van der Waals surface area contributed by atoms with Crippen LogP contribution in [-0.4, -0.2) is 0 Å². The van der Waals surface area contributed by atoms with Crippen LogP contribution < -0.4 is 0 Å². The fourth-order valence-electron chi connectivity index (χ4n) is 9.32. The molecule has 0 aliphatic rings. The van der Waals surface area contributed by atoms with E-state index in [1.807, 2.05) is 0 Å². The molecule has 0 bridgehead atoms. The minimum atomic E-state index is 0.0494. The average Bonchev–Trinajstić information content (AvgIpc) is 2.95. The molecule has 0 fully saturated rings. The van der Waals surface area contributed by atoms with Gasteiger partial charge in [0, 0.05) is 0 Å². The fourth-order valence-corrected chi connectivity index (χ4v) is 9.32. The Bertz CT molecular complexity index is 1040. The van der Waals surface area contributed by atoms with Crippen molar-refractivity contribution < 1.29 is 0 Å². The summed E-state index contributed by atoms with van der Waals surface area (Å²) in [5, 5.41) is 0. The number of unbranched alkanes of at least 4 members (excludes halogenated alkanes) is 2. The van der Waals surface area contributed by atoms with E-state index in [4.69, 9.17) is 0 Å². The van der Waals surface area contributed by atoms with Crippen molar-refractivity contribution in [2.24, 2.45) is 27.1 Å². The monoisotopic (exact) mass is 625 g/mol. The maximum Gasteiger partial charge on any atom is -0.00470 e. The maximum absolute atomic E-state index is 2.67. The van der Waals surface area contributed by atoms with E-state index in [0.717, 1.165) is 0 Å². The molecule has 0 N–H and O–H groups in total. The quantitative estimate of drug-likeness (QED) is 0.144. The Morgan fingerprint density at radius 2 is 0.822 bits per heavy atom. The topological polar surface area (TPSA) is 0 Å². The van der Waals surface area contributed by atoms with Crippen molar-refractivity contribution in [3.05, 3.63) is 34.9 Å². The molecule has 45 heavy (non-hydrogen) atoms. The highest BCUT2D eigenvalue weighted by molar-refractivity contribution is 5.42. The minimum Gasteiger partial charge on any atom is -0.0654 e. The van der Waals surface area contributed by atoms with Crippen LogP contribution in [0.25, 0.3) is 0 Å². The van der Waals surface area contributed by atoms with Gasteiger partial charge in [0.15, 0.2) is 0 Å². The van der Waals surface area contributed by atoms with Crippen molar-refractivity contribution in [2.75, 3.05) is 0 Å². The van der Waals surface area contributed by atoms with E-state index in [1.165, 1.54) is 82.6 Å². The Kier molecular flexibility index (Phi) is 14.3. The summed E-state index contributed by atoms with van der Waals surface area (Å²) < 4.78 is 0. The van der Waals surface area contributed by atoms with Crippen molar-refractivity contribution in [2.45, 2.75) is 225 Å². The summed E-state index contributed by atoms with van der Waals surface area (Å²) in [5.41, 5.74) is 6.27. The van der Waals surface area contributed by atoms with E-state index in [-0.39, 0.29) is 32.5 Å². The second kappa shape index (κ2) is 15.2. The van der Waals surface area contributed by atoms with Gasteiger partial charge in [0.1, 0.15) is 0 Å². The first-order valence-electron chi connectivity index (χ1n) is 19.5. The van der Waals surface area contributed by atoms with E-state index < -0.39 is 0 Å². The Labute approximate surface area is 286 Å². The van der Waals surface area contributed by atoms with Crippen molar-refractivity contribution in [1.29, 1.82) is 0 Å². The highest BCUT2D eigenvalue weighted by atomic mass is 14.6. The van der Waals surface area contributed by atoms with Crippen LogP contribution in [0, 0.1) is 27.1 Å². The first-order valence-corrected chi connectivity index (χ1v) is 19.5. The van der Waals surface area contributed by atoms with Crippen molar-refractivity contribution in [3.63, 3.8) is 0 Å². The van der Waals surface area contributed by atoms with Gasteiger partial charge in [-0.25, -0.2) is 0 Å². The van der Waals surface area contributed by atoms with Crippen LogP contribution in [0.2, 0.25) is 0 Å². The second-order valence-corrected chi connectivity index (χ2v) is 19.7. The van der Waals surface area contributed by atoms with Crippen molar-refractivity contribution in [1.82, 2.24) is 0 Å². The molecule has 0 nitrogen and oxygen atoms in total. The van der Waals surface area contributed by atoms with Gasteiger partial charge in [-0.05, 0) is 98.5 Å². The lowest BCUT2D eigenvalue weighted by Crippen LogP contribution is -2.47. The molecule has 0 spiro atoms. The van der Waals surface area contributed by atoms with Gasteiger partial charge in [-0.1, -0.05) is 188 Å². The number of hydrogen-bond acceptors (Lipinski definition) is 0. The standard InChI is InChI=1S/C45H84/c1-20-26-28-43(18,22-3)40(12,13)33-39(10,11)36-30-35(38(7,8)9)31-37(32-36)42(16,17)45(24-5,25-6)34-41(14,15)44(19,23-4)29-27-21-2/h30-32H,20-29,33-34H2,1-19H3. The summed E-state index contributed by atoms with van der Waals surface area (Å²) in [4.78, 5) is 0. The SMILES string of the molecule is CCCCC(C)(CC)C(C)(C)CC(C)(C)c1cc(C(C)(C)C)cc(C(C)(C)C(CC)(CC)CC(C)(C)C(C)(CC)CCCC)c1. The number of benzene rings is 1. The Morgan fingerprint density at radius 3 is 1.18 bits per heavy atom. The molecular weight excluding hydrogens is 540 g/mol. The Hall–Kier alpha value is -0.780. The predicted octanol–water partition coefficient (Wildman–Crippen LogP) is 15.4. The normalized spacial score (nSPS) is 16.9. The lowest BCUT2D eigenvalue weighted by Gasteiger charge is -2.55. The molecule has 0 radical (unpaired) electrons. The van der Waals surface area contributed by atoms with Crippen LogP contribution in [0.4, 0.5) is 0 Å². The molecule has 2 atom stereocenters. The van der Waals surface area contributed by atoms with Gasteiger partial charge in [0.2, 0.25) is 0 Å². The first-order chi connectivity index (χ1) is 20.3. The summed E-state index contributed by atoms with van der Waals surface area (Å²) in [5.74, 6) is 0. The molecule has 2 unspecified atom stereocenters. The van der Waals surface area contributed by atoms with Crippen LogP contribution in [0.5, 0.6) is 0 Å². The van der Waals surface area contributed by atoms with Gasteiger partial charge < -0.3 is 0 Å². The van der Waals surface area contributed by atoms with Crippen LogP contribution in [0.3, 0.4) is 0 Å². The molecule has 1 aromatic carbocycles. The molecule has 0 heterocycles. The summed E-state index contributed by atoms with van der Waals surface area (Å²) in [6.07, 6.45) is 15.3. The van der Waals surface area contributed by atoms with Gasteiger partial charge in [-0.3, -0.25) is 0 Å². The van der Waals surface area contributed by atoms with E-state index in [1.54, 1.807) is 11.1 Å². The maximum atomic E-state index is 2.67. The zero-order valence-corrected chi connectivity index (χ0v) is 34.7. The van der Waals surface area contributed by atoms with Crippen molar-refractivity contribution >= 4 is 0 Å². The van der Waals surface area contributed by atoms with E-state index in [9.17, 15) is 0 Å². The summed E-state index contributed by atoms with van der Waals surface area (Å²) >= 11 is 0. The van der Waals surface area contributed by atoms with Crippen LogP contribution in [0.1, 0.15) is 225 Å². The number of rotatable bonds is 19. The number of hydrogen-bond donors (Lipinski definition) is 0. The zero-order chi connectivity index (χ0) is 35.3. The second-order valence-electron chi connectivity index (χ2n) is 19.7. The molecule has 0 aliphatic heterocycles. The zero-order valence-electron chi connectivity index (χ0n) is 34.7. The summed E-state index contributed by atoms with van der Waals surface area (Å²) in [6.45, 7) is 47.6. The molecule has 0 saturated carbocycles. The largest absolute Gasteiger partial charge is 0.0654 e. The molecule has 264 valence electrons. The van der Waals surface area contributed by atoms with E-state index >= 15 is 0 Å². The molecule has 0 aromatic heterocycles. The molecule has 1 aromatic rings. The highest BCUT2D eigenvalue weighted by Gasteiger charge is 2.51. The van der Waals surface area contributed by atoms with Gasteiger partial charge >= 0.3 is 0 Å². The van der Waals surface area contributed by atoms with Crippen LogP contribution in [0.15, 0.2) is 18.2 Å². The Balaban J connectivity index is 3.88. The minimum absolute atomic E-state index is 0.0494. The van der Waals surface area contributed by atoms with Gasteiger partial charge in [0.05, 0.1) is 0 Å². The third kappa shape index (κ3) is 9.02. The van der Waals surface area contributed by atoms with Gasteiger partial charge in [-0.15, -0.1) is 0 Å². The van der Waals surface area contributed by atoms with Crippen LogP contribution >= 0.6 is 0 Å². The Morgan fingerprint density at radius 1 is 0.444 bits per heavy atom. The molecule has 1 rings (SSSR count). The third-order valence-electron chi connectivity index (χ3n) is 14.6. The first kappa shape index (κ1) is 42.2. The fraction of sp³-hybridized carbons (Fsp3) is 0.867. The predicted molar refractivity (Wildman–Crippen MR) is 207 cm³/mol. The molecular formula is C45H84.